The van der Waals surface area contributed by atoms with E-state index in [1.165, 1.54) is 10.6 Å². The Hall–Kier alpha value is -3.96. The Bertz CT molecular complexity index is 1460. The minimum absolute atomic E-state index is 0.0847. The van der Waals surface area contributed by atoms with Crippen LogP contribution in [0.1, 0.15) is 31.8 Å². The van der Waals surface area contributed by atoms with Gasteiger partial charge in [-0.2, -0.15) is 0 Å². The summed E-state index contributed by atoms with van der Waals surface area (Å²) in [5, 5.41) is 3.38. The van der Waals surface area contributed by atoms with E-state index in [0.717, 1.165) is 16.7 Å². The highest BCUT2D eigenvalue weighted by Crippen LogP contribution is 2.36. The predicted octanol–water partition coefficient (Wildman–Crippen LogP) is 5.01. The molecule has 0 saturated carbocycles. The lowest BCUT2D eigenvalue weighted by Crippen LogP contribution is -2.21. The van der Waals surface area contributed by atoms with Gasteiger partial charge in [-0.05, 0) is 41.0 Å². The zero-order valence-corrected chi connectivity index (χ0v) is 17.6. The number of rotatable bonds is 4. The Morgan fingerprint density at radius 2 is 1.53 bits per heavy atom. The second-order valence-corrected chi connectivity index (χ2v) is 7.97. The third kappa shape index (κ3) is 3.53. The maximum atomic E-state index is 12.9. The zero-order valence-electron chi connectivity index (χ0n) is 16.8. The lowest BCUT2D eigenvalue weighted by atomic mass is 10.0. The topological polar surface area (TPSA) is 68.2 Å². The molecule has 4 aromatic rings. The molecule has 1 aromatic heterocycles. The van der Waals surface area contributed by atoms with Crippen molar-refractivity contribution >= 4 is 29.0 Å². The standard InChI is InChI=1S/C26H17ClN2O3/c27-23-8-4-1-5-17(23)14-29-15-18(10-12-24(29)30)28-26(32)16-9-11-20-19-6-2-3-7-21(19)25(31)22(20)13-16/h1-13,15H,14H2,(H,28,32). The van der Waals surface area contributed by atoms with Gasteiger partial charge in [0.05, 0.1) is 12.2 Å². The van der Waals surface area contributed by atoms with Crippen molar-refractivity contribution < 1.29 is 9.59 Å². The van der Waals surface area contributed by atoms with Gasteiger partial charge in [-0.3, -0.25) is 14.4 Å². The van der Waals surface area contributed by atoms with Crippen LogP contribution in [0.25, 0.3) is 11.1 Å². The summed E-state index contributed by atoms with van der Waals surface area (Å²) in [6, 6.07) is 22.8. The number of anilines is 1. The first-order valence-corrected chi connectivity index (χ1v) is 10.4. The van der Waals surface area contributed by atoms with E-state index < -0.39 is 0 Å². The summed E-state index contributed by atoms with van der Waals surface area (Å²) in [5.74, 6) is -0.446. The van der Waals surface area contributed by atoms with Gasteiger partial charge >= 0.3 is 0 Å². The average Bonchev–Trinajstić information content (AvgIpc) is 3.09. The summed E-state index contributed by atoms with van der Waals surface area (Å²) in [7, 11) is 0. The van der Waals surface area contributed by atoms with Crippen LogP contribution >= 0.6 is 11.6 Å². The van der Waals surface area contributed by atoms with Crippen LogP contribution in [0.3, 0.4) is 0 Å². The molecule has 1 aliphatic rings. The summed E-state index contributed by atoms with van der Waals surface area (Å²) in [6.45, 7) is 0.286. The fraction of sp³-hybridized carbons (Fsp3) is 0.0385. The molecule has 1 N–H and O–H groups in total. The van der Waals surface area contributed by atoms with Gasteiger partial charge in [0.25, 0.3) is 11.5 Å². The largest absolute Gasteiger partial charge is 0.321 e. The van der Waals surface area contributed by atoms with Gasteiger partial charge in [-0.1, -0.05) is 60.1 Å². The van der Waals surface area contributed by atoms with Gasteiger partial charge in [-0.15, -0.1) is 0 Å². The Kier molecular flexibility index (Phi) is 4.96. The van der Waals surface area contributed by atoms with Crippen LogP contribution < -0.4 is 10.9 Å². The SMILES string of the molecule is O=C(Nc1ccc(=O)n(Cc2ccccc2Cl)c1)c1ccc2c(c1)C(=O)c1ccccc1-2. The first kappa shape index (κ1) is 20.0. The molecule has 0 radical (unpaired) electrons. The Morgan fingerprint density at radius 1 is 0.812 bits per heavy atom. The molecule has 6 heteroatoms. The number of amides is 1. The fourth-order valence-corrected chi connectivity index (χ4v) is 4.11. The minimum Gasteiger partial charge on any atom is -0.321 e. The summed E-state index contributed by atoms with van der Waals surface area (Å²) >= 11 is 6.21. The van der Waals surface area contributed by atoms with E-state index in [4.69, 9.17) is 11.6 Å². The molecule has 0 atom stereocenters. The van der Waals surface area contributed by atoms with Crippen molar-refractivity contribution in [2.75, 3.05) is 5.32 Å². The molecule has 0 unspecified atom stereocenters. The van der Waals surface area contributed by atoms with Crippen LogP contribution in [0.2, 0.25) is 5.02 Å². The van der Waals surface area contributed by atoms with Gasteiger partial charge in [-0.25, -0.2) is 0 Å². The van der Waals surface area contributed by atoms with Crippen LogP contribution in [-0.2, 0) is 6.54 Å². The number of hydrogen-bond donors (Lipinski definition) is 1. The number of nitrogens with one attached hydrogen (secondary N) is 1. The van der Waals surface area contributed by atoms with Gasteiger partial charge in [0, 0.05) is 34.0 Å². The van der Waals surface area contributed by atoms with E-state index in [9.17, 15) is 14.4 Å². The highest BCUT2D eigenvalue weighted by atomic mass is 35.5. The third-order valence-electron chi connectivity index (χ3n) is 5.53. The Labute approximate surface area is 188 Å². The van der Waals surface area contributed by atoms with Gasteiger partial charge in [0.15, 0.2) is 5.78 Å². The lowest BCUT2D eigenvalue weighted by molar-refractivity contribution is 0.102. The second kappa shape index (κ2) is 7.94. The maximum absolute atomic E-state index is 12.9. The molecule has 1 heterocycles. The summed E-state index contributed by atoms with van der Waals surface area (Å²) in [4.78, 5) is 37.9. The van der Waals surface area contributed by atoms with Crippen LogP contribution in [0.15, 0.2) is 89.9 Å². The van der Waals surface area contributed by atoms with Crippen LogP contribution in [-0.4, -0.2) is 16.3 Å². The monoisotopic (exact) mass is 440 g/mol. The normalized spacial score (nSPS) is 11.7. The van der Waals surface area contributed by atoms with E-state index in [-0.39, 0.29) is 23.8 Å². The molecule has 1 amide bonds. The molecule has 1 aliphatic carbocycles. The number of ketones is 1. The van der Waals surface area contributed by atoms with E-state index in [1.54, 1.807) is 42.6 Å². The van der Waals surface area contributed by atoms with Crippen molar-refractivity contribution in [1.29, 1.82) is 0 Å². The van der Waals surface area contributed by atoms with Gasteiger partial charge < -0.3 is 9.88 Å². The number of benzene rings is 3. The lowest BCUT2D eigenvalue weighted by Gasteiger charge is -2.11. The number of carbonyl (C=O) groups is 2. The maximum Gasteiger partial charge on any atom is 0.255 e. The first-order valence-electron chi connectivity index (χ1n) is 10.0. The van der Waals surface area contributed by atoms with Crippen molar-refractivity contribution in [2.24, 2.45) is 0 Å². The molecular formula is C26H17ClN2O3. The van der Waals surface area contributed by atoms with Crippen molar-refractivity contribution in [3.63, 3.8) is 0 Å². The zero-order chi connectivity index (χ0) is 22.2. The summed E-state index contributed by atoms with van der Waals surface area (Å²) < 4.78 is 1.49. The summed E-state index contributed by atoms with van der Waals surface area (Å²) in [5.41, 5.74) is 4.31. The van der Waals surface area contributed by atoms with Crippen molar-refractivity contribution in [3.05, 3.63) is 123 Å². The Morgan fingerprint density at radius 3 is 2.34 bits per heavy atom. The number of aromatic nitrogens is 1. The average molecular weight is 441 g/mol. The highest BCUT2D eigenvalue weighted by molar-refractivity contribution is 6.31. The minimum atomic E-state index is -0.362. The molecule has 0 fully saturated rings. The van der Waals surface area contributed by atoms with Crippen molar-refractivity contribution in [1.82, 2.24) is 4.57 Å². The molecule has 5 nitrogen and oxygen atoms in total. The Balaban J connectivity index is 1.40. The van der Waals surface area contributed by atoms with Gasteiger partial charge in [0.2, 0.25) is 0 Å². The van der Waals surface area contributed by atoms with Crippen LogP contribution in [0.4, 0.5) is 5.69 Å². The number of carbonyl (C=O) groups excluding carboxylic acids is 2. The molecule has 0 aliphatic heterocycles. The van der Waals surface area contributed by atoms with Crippen LogP contribution in [0, 0.1) is 0 Å². The van der Waals surface area contributed by atoms with Gasteiger partial charge in [0.1, 0.15) is 0 Å². The molecule has 0 saturated heterocycles. The number of halogens is 1. The van der Waals surface area contributed by atoms with Crippen LogP contribution in [0.5, 0.6) is 0 Å². The van der Waals surface area contributed by atoms with E-state index in [1.807, 2.05) is 36.4 Å². The number of pyridine rings is 1. The molecule has 156 valence electrons. The van der Waals surface area contributed by atoms with Crippen molar-refractivity contribution in [3.8, 4) is 11.1 Å². The van der Waals surface area contributed by atoms with E-state index in [0.29, 0.717) is 27.4 Å². The van der Waals surface area contributed by atoms with Crippen molar-refractivity contribution in [2.45, 2.75) is 6.54 Å². The highest BCUT2D eigenvalue weighted by Gasteiger charge is 2.27. The molecule has 0 bridgehead atoms. The number of fused-ring (bicyclic) bond motifs is 3. The quantitative estimate of drug-likeness (QED) is 0.427. The number of nitrogens with zero attached hydrogens (tertiary/aromatic N) is 1. The fourth-order valence-electron chi connectivity index (χ4n) is 3.91. The van der Waals surface area contributed by atoms with E-state index in [2.05, 4.69) is 5.32 Å². The molecule has 32 heavy (non-hydrogen) atoms. The third-order valence-corrected chi connectivity index (χ3v) is 5.90. The molecule has 5 rings (SSSR count). The molecular weight excluding hydrogens is 424 g/mol. The second-order valence-electron chi connectivity index (χ2n) is 7.56. The molecule has 3 aromatic carbocycles. The van der Waals surface area contributed by atoms with E-state index >= 15 is 0 Å². The predicted molar refractivity (Wildman–Crippen MR) is 125 cm³/mol. The smallest absolute Gasteiger partial charge is 0.255 e. The number of hydrogen-bond acceptors (Lipinski definition) is 3. The first-order chi connectivity index (χ1) is 15.5. The summed E-state index contributed by atoms with van der Waals surface area (Å²) in [6.07, 6.45) is 1.58. The molecule has 0 spiro atoms.